The molecule has 0 N–H and O–H groups in total. The second-order valence-corrected chi connectivity index (χ2v) is 7.57. The predicted octanol–water partition coefficient (Wildman–Crippen LogP) is 6.17. The first-order valence-electron chi connectivity index (χ1n) is 9.11. The highest BCUT2D eigenvalue weighted by atomic mass is 14.3. The molecule has 0 aliphatic heterocycles. The lowest BCUT2D eigenvalue weighted by Gasteiger charge is -2.13. The number of aryl methyl sites for hydroxylation is 2. The second-order valence-electron chi connectivity index (χ2n) is 7.57. The molecule has 2 aliphatic rings. The van der Waals surface area contributed by atoms with Gasteiger partial charge in [-0.3, -0.25) is 0 Å². The summed E-state index contributed by atoms with van der Waals surface area (Å²) < 4.78 is 0. The van der Waals surface area contributed by atoms with Crippen molar-refractivity contribution >= 4 is 11.1 Å². The minimum absolute atomic E-state index is 1.14. The Bertz CT molecular complexity index is 815. The average Bonchev–Trinajstić information content (AvgIpc) is 3.03. The maximum Gasteiger partial charge on any atom is -0.00578 e. The highest BCUT2D eigenvalue weighted by Gasteiger charge is 2.21. The molecule has 4 rings (SSSR count). The van der Waals surface area contributed by atoms with Gasteiger partial charge in [-0.05, 0) is 97.9 Å². The van der Waals surface area contributed by atoms with Crippen molar-refractivity contribution in [2.75, 3.05) is 0 Å². The van der Waals surface area contributed by atoms with E-state index in [4.69, 9.17) is 0 Å². The third kappa shape index (κ3) is 2.36. The zero-order valence-electron chi connectivity index (χ0n) is 15.3. The fourth-order valence-corrected chi connectivity index (χ4v) is 4.51. The first kappa shape index (κ1) is 15.4. The predicted molar refractivity (Wildman–Crippen MR) is 104 cm³/mol. The van der Waals surface area contributed by atoms with E-state index in [0.717, 1.165) is 25.7 Å². The Morgan fingerprint density at radius 2 is 1.04 bits per heavy atom. The number of benzene rings is 2. The molecular formula is C24H26. The van der Waals surface area contributed by atoms with Crippen LogP contribution in [0.2, 0.25) is 0 Å². The molecule has 0 amide bonds. The summed E-state index contributed by atoms with van der Waals surface area (Å²) in [5, 5.41) is 0. The molecule has 0 heteroatoms. The topological polar surface area (TPSA) is 0 Å². The van der Waals surface area contributed by atoms with Gasteiger partial charge in [0, 0.05) is 0 Å². The third-order valence-electron chi connectivity index (χ3n) is 6.08. The fraction of sp³-hybridized carbons (Fsp3) is 0.333. The summed E-state index contributed by atoms with van der Waals surface area (Å²) in [4.78, 5) is 0. The van der Waals surface area contributed by atoms with E-state index in [1.54, 1.807) is 0 Å². The van der Waals surface area contributed by atoms with Crippen LogP contribution in [0, 0.1) is 0 Å². The standard InChI is InChI=1S/C24H26/c1-15-13-21-9-5-7-19(23(21)17(15)3)11-12-20-8-6-10-22-14-16(2)18(4)24(20)22/h5-10H,11-14H2,1-4H3. The first-order valence-corrected chi connectivity index (χ1v) is 9.11. The minimum atomic E-state index is 1.14. The SMILES string of the molecule is CC1=C(C)c2c(CCc3cccc4c3C(C)=C(C)C4)cccc2C1. The smallest absolute Gasteiger partial charge is 0.00578 e. The highest BCUT2D eigenvalue weighted by Crippen LogP contribution is 2.37. The van der Waals surface area contributed by atoms with Crippen LogP contribution in [-0.4, -0.2) is 0 Å². The molecule has 0 fully saturated rings. The monoisotopic (exact) mass is 314 g/mol. The van der Waals surface area contributed by atoms with Crippen molar-refractivity contribution in [2.24, 2.45) is 0 Å². The van der Waals surface area contributed by atoms with Gasteiger partial charge in [0.2, 0.25) is 0 Å². The molecule has 2 aliphatic carbocycles. The van der Waals surface area contributed by atoms with Gasteiger partial charge in [-0.2, -0.15) is 0 Å². The lowest BCUT2D eigenvalue weighted by molar-refractivity contribution is 0.947. The van der Waals surface area contributed by atoms with E-state index in [1.165, 1.54) is 55.7 Å². The lowest BCUT2D eigenvalue weighted by atomic mass is 9.91. The molecule has 0 spiro atoms. The van der Waals surface area contributed by atoms with Gasteiger partial charge in [0.1, 0.15) is 0 Å². The van der Waals surface area contributed by atoms with Gasteiger partial charge in [-0.1, -0.05) is 47.5 Å². The maximum atomic E-state index is 2.33. The first-order chi connectivity index (χ1) is 11.6. The van der Waals surface area contributed by atoms with Gasteiger partial charge < -0.3 is 0 Å². The number of fused-ring (bicyclic) bond motifs is 2. The number of allylic oxidation sites excluding steroid dienone is 4. The van der Waals surface area contributed by atoms with Crippen molar-refractivity contribution in [3.05, 3.63) is 80.9 Å². The van der Waals surface area contributed by atoms with Crippen molar-refractivity contribution in [3.8, 4) is 0 Å². The molecule has 2 aromatic rings. The summed E-state index contributed by atoms with van der Waals surface area (Å²) in [7, 11) is 0. The van der Waals surface area contributed by atoms with Crippen LogP contribution < -0.4 is 0 Å². The van der Waals surface area contributed by atoms with Gasteiger partial charge in [-0.15, -0.1) is 0 Å². The molecule has 0 heterocycles. The summed E-state index contributed by atoms with van der Waals surface area (Å²) in [6, 6.07) is 13.7. The van der Waals surface area contributed by atoms with Crippen LogP contribution in [-0.2, 0) is 25.7 Å². The third-order valence-corrected chi connectivity index (χ3v) is 6.08. The number of hydrogen-bond donors (Lipinski definition) is 0. The molecule has 24 heavy (non-hydrogen) atoms. The van der Waals surface area contributed by atoms with Crippen LogP contribution in [0.15, 0.2) is 47.5 Å². The Balaban J connectivity index is 1.65. The molecule has 0 atom stereocenters. The van der Waals surface area contributed by atoms with Gasteiger partial charge in [0.05, 0.1) is 0 Å². The van der Waals surface area contributed by atoms with Crippen LogP contribution in [0.25, 0.3) is 11.1 Å². The quantitative estimate of drug-likeness (QED) is 0.635. The van der Waals surface area contributed by atoms with E-state index in [2.05, 4.69) is 64.1 Å². The van der Waals surface area contributed by atoms with E-state index in [-0.39, 0.29) is 0 Å². The molecule has 0 aromatic heterocycles. The van der Waals surface area contributed by atoms with Crippen molar-refractivity contribution in [1.82, 2.24) is 0 Å². The van der Waals surface area contributed by atoms with E-state index in [0.29, 0.717) is 0 Å². The minimum Gasteiger partial charge on any atom is -0.0654 e. The molecule has 0 nitrogen and oxygen atoms in total. The van der Waals surface area contributed by atoms with Crippen molar-refractivity contribution in [1.29, 1.82) is 0 Å². The Kier molecular flexibility index (Phi) is 3.72. The number of hydrogen-bond acceptors (Lipinski definition) is 0. The molecule has 2 aromatic carbocycles. The van der Waals surface area contributed by atoms with Gasteiger partial charge in [0.25, 0.3) is 0 Å². The van der Waals surface area contributed by atoms with E-state index in [1.807, 2.05) is 0 Å². The van der Waals surface area contributed by atoms with Crippen LogP contribution in [0.3, 0.4) is 0 Å². The summed E-state index contributed by atoms with van der Waals surface area (Å²) in [5.41, 5.74) is 15.2. The summed E-state index contributed by atoms with van der Waals surface area (Å²) in [6.07, 6.45) is 4.54. The van der Waals surface area contributed by atoms with Crippen LogP contribution in [0.4, 0.5) is 0 Å². The van der Waals surface area contributed by atoms with Crippen LogP contribution in [0.1, 0.15) is 61.1 Å². The zero-order valence-corrected chi connectivity index (χ0v) is 15.3. The molecule has 122 valence electrons. The Hall–Kier alpha value is -2.08. The normalized spacial score (nSPS) is 16.0. The van der Waals surface area contributed by atoms with Gasteiger partial charge in [-0.25, -0.2) is 0 Å². The fourth-order valence-electron chi connectivity index (χ4n) is 4.51. The zero-order chi connectivity index (χ0) is 16.8. The van der Waals surface area contributed by atoms with Crippen LogP contribution in [0.5, 0.6) is 0 Å². The van der Waals surface area contributed by atoms with Crippen LogP contribution >= 0.6 is 0 Å². The maximum absolute atomic E-state index is 2.33. The van der Waals surface area contributed by atoms with Gasteiger partial charge in [0.15, 0.2) is 0 Å². The summed E-state index contributed by atoms with van der Waals surface area (Å²) >= 11 is 0. The molecular weight excluding hydrogens is 288 g/mol. The average molecular weight is 314 g/mol. The lowest BCUT2D eigenvalue weighted by Crippen LogP contribution is -2.00. The molecule has 0 radical (unpaired) electrons. The Morgan fingerprint density at radius 1 is 0.625 bits per heavy atom. The van der Waals surface area contributed by atoms with Crippen molar-refractivity contribution < 1.29 is 0 Å². The Morgan fingerprint density at radius 3 is 1.46 bits per heavy atom. The second kappa shape index (κ2) is 5.77. The van der Waals surface area contributed by atoms with Crippen molar-refractivity contribution in [2.45, 2.75) is 53.4 Å². The van der Waals surface area contributed by atoms with E-state index in [9.17, 15) is 0 Å². The molecule has 0 saturated heterocycles. The molecule has 0 saturated carbocycles. The van der Waals surface area contributed by atoms with E-state index >= 15 is 0 Å². The number of rotatable bonds is 3. The summed E-state index contributed by atoms with van der Waals surface area (Å²) in [6.45, 7) is 9.14. The largest absolute Gasteiger partial charge is 0.0654 e. The molecule has 0 unspecified atom stereocenters. The van der Waals surface area contributed by atoms with E-state index < -0.39 is 0 Å². The van der Waals surface area contributed by atoms with Crippen molar-refractivity contribution in [3.63, 3.8) is 0 Å². The molecule has 0 bridgehead atoms. The highest BCUT2D eigenvalue weighted by molar-refractivity contribution is 5.78. The summed E-state index contributed by atoms with van der Waals surface area (Å²) in [5.74, 6) is 0. The Labute approximate surface area is 145 Å². The van der Waals surface area contributed by atoms with Gasteiger partial charge >= 0.3 is 0 Å².